The molecule has 0 radical (unpaired) electrons. The Morgan fingerprint density at radius 3 is 2.48 bits per heavy atom. The van der Waals surface area contributed by atoms with E-state index in [0.717, 1.165) is 12.8 Å². The zero-order valence-electron chi connectivity index (χ0n) is 13.8. The largest absolute Gasteiger partial charge is 0.481 e. The molecule has 5 nitrogen and oxygen atoms in total. The van der Waals surface area contributed by atoms with Crippen LogP contribution in [0.3, 0.4) is 0 Å². The summed E-state index contributed by atoms with van der Waals surface area (Å²) in [5.41, 5.74) is 5.38. The van der Waals surface area contributed by atoms with Gasteiger partial charge in [-0.15, -0.1) is 0 Å². The molecule has 1 saturated heterocycles. The van der Waals surface area contributed by atoms with Gasteiger partial charge in [-0.1, -0.05) is 27.7 Å². The molecular formula is C16H30N2O3. The van der Waals surface area contributed by atoms with Crippen LogP contribution >= 0.6 is 0 Å². The van der Waals surface area contributed by atoms with Crippen LogP contribution in [-0.2, 0) is 9.59 Å². The van der Waals surface area contributed by atoms with E-state index < -0.39 is 11.4 Å². The first kappa shape index (κ1) is 18.0. The number of carboxylic acids is 1. The number of nitrogens with two attached hydrogens (primary N) is 1. The van der Waals surface area contributed by atoms with Crippen molar-refractivity contribution in [3.63, 3.8) is 0 Å². The summed E-state index contributed by atoms with van der Waals surface area (Å²) in [6.07, 6.45) is 3.04. The predicted octanol–water partition coefficient (Wildman–Crippen LogP) is 2.24. The SMILES string of the molecule is CCC1(C(=O)O)CCCN(C(=O)CC(N)CC(C)(C)C)C1. The lowest BCUT2D eigenvalue weighted by molar-refractivity contribution is -0.155. The summed E-state index contributed by atoms with van der Waals surface area (Å²) in [7, 11) is 0. The summed E-state index contributed by atoms with van der Waals surface area (Å²) in [4.78, 5) is 25.6. The number of piperidine rings is 1. The minimum atomic E-state index is -0.790. The van der Waals surface area contributed by atoms with Gasteiger partial charge < -0.3 is 15.7 Å². The molecule has 2 unspecified atom stereocenters. The number of carbonyl (C=O) groups is 2. The molecule has 0 aromatic heterocycles. The van der Waals surface area contributed by atoms with Crippen LogP contribution in [0, 0.1) is 10.8 Å². The fourth-order valence-corrected chi connectivity index (χ4v) is 3.17. The average molecular weight is 298 g/mol. The summed E-state index contributed by atoms with van der Waals surface area (Å²) in [5, 5.41) is 9.46. The Bertz CT molecular complexity index is 389. The number of hydrogen-bond acceptors (Lipinski definition) is 3. The molecule has 0 saturated carbocycles. The van der Waals surface area contributed by atoms with Crippen LogP contribution in [0.1, 0.15) is 59.8 Å². The van der Waals surface area contributed by atoms with Crippen LogP contribution in [0.15, 0.2) is 0 Å². The van der Waals surface area contributed by atoms with Crippen molar-refractivity contribution in [3.8, 4) is 0 Å². The molecule has 5 heteroatoms. The van der Waals surface area contributed by atoms with Crippen LogP contribution in [0.5, 0.6) is 0 Å². The second-order valence-electron chi connectivity index (χ2n) is 7.59. The van der Waals surface area contributed by atoms with Crippen molar-refractivity contribution >= 4 is 11.9 Å². The van der Waals surface area contributed by atoms with E-state index in [2.05, 4.69) is 20.8 Å². The molecule has 3 N–H and O–H groups in total. The maximum Gasteiger partial charge on any atom is 0.311 e. The molecule has 0 aromatic carbocycles. The lowest BCUT2D eigenvalue weighted by Crippen LogP contribution is -2.50. The monoisotopic (exact) mass is 298 g/mol. The van der Waals surface area contributed by atoms with Crippen molar-refractivity contribution in [2.75, 3.05) is 13.1 Å². The van der Waals surface area contributed by atoms with Crippen LogP contribution in [0.4, 0.5) is 0 Å². The lowest BCUT2D eigenvalue weighted by Gasteiger charge is -2.40. The quantitative estimate of drug-likeness (QED) is 0.815. The first-order chi connectivity index (χ1) is 9.59. The van der Waals surface area contributed by atoms with Crippen molar-refractivity contribution in [1.82, 2.24) is 4.90 Å². The topological polar surface area (TPSA) is 83.6 Å². The van der Waals surface area contributed by atoms with Gasteiger partial charge in [0.2, 0.25) is 5.91 Å². The summed E-state index contributed by atoms with van der Waals surface area (Å²) < 4.78 is 0. The van der Waals surface area contributed by atoms with Gasteiger partial charge in [-0.25, -0.2) is 0 Å². The normalized spacial score (nSPS) is 24.7. The third-order valence-corrected chi connectivity index (χ3v) is 4.37. The highest BCUT2D eigenvalue weighted by Gasteiger charge is 2.42. The third kappa shape index (κ3) is 4.99. The van der Waals surface area contributed by atoms with Crippen molar-refractivity contribution in [2.24, 2.45) is 16.6 Å². The molecule has 1 aliphatic heterocycles. The van der Waals surface area contributed by atoms with E-state index in [0.29, 0.717) is 32.4 Å². The van der Waals surface area contributed by atoms with Gasteiger partial charge in [-0.3, -0.25) is 9.59 Å². The summed E-state index contributed by atoms with van der Waals surface area (Å²) in [5.74, 6) is -0.799. The summed E-state index contributed by atoms with van der Waals surface area (Å²) >= 11 is 0. The van der Waals surface area contributed by atoms with Crippen molar-refractivity contribution < 1.29 is 14.7 Å². The number of carbonyl (C=O) groups excluding carboxylic acids is 1. The van der Waals surface area contributed by atoms with Gasteiger partial charge in [0.05, 0.1) is 5.41 Å². The standard InChI is InChI=1S/C16H30N2O3/c1-5-16(14(20)21)7-6-8-18(11-16)13(19)9-12(17)10-15(2,3)4/h12H,5-11,17H2,1-4H3,(H,20,21). The van der Waals surface area contributed by atoms with Gasteiger partial charge in [-0.05, 0) is 31.1 Å². The Morgan fingerprint density at radius 2 is 2.00 bits per heavy atom. The van der Waals surface area contributed by atoms with Crippen LogP contribution in [-0.4, -0.2) is 41.0 Å². The van der Waals surface area contributed by atoms with Crippen molar-refractivity contribution in [2.45, 2.75) is 65.8 Å². The molecule has 0 aliphatic carbocycles. The first-order valence-electron chi connectivity index (χ1n) is 7.86. The van der Waals surface area contributed by atoms with Crippen LogP contribution in [0.25, 0.3) is 0 Å². The van der Waals surface area contributed by atoms with Gasteiger partial charge in [0.25, 0.3) is 0 Å². The first-order valence-corrected chi connectivity index (χ1v) is 7.86. The second kappa shape index (κ2) is 6.77. The van der Waals surface area contributed by atoms with E-state index in [-0.39, 0.29) is 17.4 Å². The maximum absolute atomic E-state index is 12.4. The Morgan fingerprint density at radius 1 is 1.38 bits per heavy atom. The van der Waals surface area contributed by atoms with Crippen LogP contribution in [0.2, 0.25) is 0 Å². The zero-order chi connectivity index (χ0) is 16.3. The Hall–Kier alpha value is -1.10. The highest BCUT2D eigenvalue weighted by atomic mass is 16.4. The van der Waals surface area contributed by atoms with Gasteiger partial charge in [0.15, 0.2) is 0 Å². The highest BCUT2D eigenvalue weighted by Crippen LogP contribution is 2.34. The second-order valence-corrected chi connectivity index (χ2v) is 7.59. The van der Waals surface area contributed by atoms with Gasteiger partial charge in [0, 0.05) is 25.6 Å². The van der Waals surface area contributed by atoms with E-state index in [1.807, 2.05) is 6.92 Å². The number of hydrogen-bond donors (Lipinski definition) is 2. The molecule has 1 aliphatic rings. The summed E-state index contributed by atoms with van der Waals surface area (Å²) in [6, 6.07) is -0.166. The molecule has 0 spiro atoms. The molecule has 122 valence electrons. The molecule has 2 atom stereocenters. The minimum Gasteiger partial charge on any atom is -0.481 e. The van der Waals surface area contributed by atoms with E-state index >= 15 is 0 Å². The number of rotatable bonds is 5. The molecule has 1 heterocycles. The van der Waals surface area contributed by atoms with Gasteiger partial charge in [-0.2, -0.15) is 0 Å². The smallest absolute Gasteiger partial charge is 0.311 e. The zero-order valence-corrected chi connectivity index (χ0v) is 13.8. The van der Waals surface area contributed by atoms with E-state index in [1.165, 1.54) is 0 Å². The lowest BCUT2D eigenvalue weighted by atomic mass is 9.77. The van der Waals surface area contributed by atoms with E-state index in [4.69, 9.17) is 5.73 Å². The molecular weight excluding hydrogens is 268 g/mol. The number of likely N-dealkylation sites (tertiary alicyclic amines) is 1. The minimum absolute atomic E-state index is 0.00877. The highest BCUT2D eigenvalue weighted by molar-refractivity contribution is 5.80. The molecule has 0 bridgehead atoms. The molecule has 0 aromatic rings. The average Bonchev–Trinajstić information content (AvgIpc) is 2.36. The fraction of sp³-hybridized carbons (Fsp3) is 0.875. The molecule has 1 fully saturated rings. The Labute approximate surface area is 127 Å². The maximum atomic E-state index is 12.4. The number of nitrogens with zero attached hydrogens (tertiary/aromatic N) is 1. The van der Waals surface area contributed by atoms with E-state index in [1.54, 1.807) is 4.90 Å². The third-order valence-electron chi connectivity index (χ3n) is 4.37. The number of carboxylic acid groups (broad SMARTS) is 1. The van der Waals surface area contributed by atoms with E-state index in [9.17, 15) is 14.7 Å². The predicted molar refractivity (Wildman–Crippen MR) is 82.8 cm³/mol. The molecule has 21 heavy (non-hydrogen) atoms. The van der Waals surface area contributed by atoms with Crippen LogP contribution < -0.4 is 5.73 Å². The number of aliphatic carboxylic acids is 1. The number of amides is 1. The molecule has 1 amide bonds. The molecule has 1 rings (SSSR count). The van der Waals surface area contributed by atoms with Gasteiger partial charge >= 0.3 is 5.97 Å². The Kier molecular flexibility index (Phi) is 5.79. The van der Waals surface area contributed by atoms with Crippen molar-refractivity contribution in [1.29, 1.82) is 0 Å². The van der Waals surface area contributed by atoms with Gasteiger partial charge in [0.1, 0.15) is 0 Å². The van der Waals surface area contributed by atoms with Crippen molar-refractivity contribution in [3.05, 3.63) is 0 Å². The fourth-order valence-electron chi connectivity index (χ4n) is 3.17. The Balaban J connectivity index is 2.64. The summed E-state index contributed by atoms with van der Waals surface area (Å²) in [6.45, 7) is 9.16.